The van der Waals surface area contributed by atoms with E-state index in [1.54, 1.807) is 7.11 Å². The first kappa shape index (κ1) is 16.0. The van der Waals surface area contributed by atoms with Crippen molar-refractivity contribution >= 4 is 28.2 Å². The van der Waals surface area contributed by atoms with Gasteiger partial charge in [0.2, 0.25) is 0 Å². The van der Waals surface area contributed by atoms with Crippen molar-refractivity contribution in [2.45, 2.75) is 57.7 Å². The third kappa shape index (κ3) is 4.31. The number of anilines is 2. The SMILES string of the molecule is COC1CCC(NC(=O)c2sc(NC(C)(C)C)nc2N)C1. The molecule has 0 radical (unpaired) electrons. The predicted octanol–water partition coefficient (Wildman–Crippen LogP) is 2.23. The van der Waals surface area contributed by atoms with E-state index in [0.29, 0.717) is 10.0 Å². The first-order valence-electron chi connectivity index (χ1n) is 7.16. The van der Waals surface area contributed by atoms with Gasteiger partial charge in [0.1, 0.15) is 10.7 Å². The molecule has 0 aliphatic heterocycles. The molecule has 1 aromatic heterocycles. The van der Waals surface area contributed by atoms with Crippen LogP contribution in [0.15, 0.2) is 0 Å². The van der Waals surface area contributed by atoms with Crippen molar-refractivity contribution in [1.82, 2.24) is 10.3 Å². The lowest BCUT2D eigenvalue weighted by molar-refractivity contribution is 0.0919. The second kappa shape index (κ2) is 6.19. The third-order valence-corrected chi connectivity index (χ3v) is 4.38. The Hall–Kier alpha value is -1.34. The van der Waals surface area contributed by atoms with Crippen LogP contribution in [0.4, 0.5) is 10.9 Å². The van der Waals surface area contributed by atoms with E-state index < -0.39 is 0 Å². The predicted molar refractivity (Wildman–Crippen MR) is 85.8 cm³/mol. The van der Waals surface area contributed by atoms with Crippen LogP contribution in [0.2, 0.25) is 0 Å². The van der Waals surface area contributed by atoms with E-state index in [1.165, 1.54) is 11.3 Å². The van der Waals surface area contributed by atoms with Crippen molar-refractivity contribution in [2.75, 3.05) is 18.2 Å². The van der Waals surface area contributed by atoms with Gasteiger partial charge < -0.3 is 21.1 Å². The molecule has 1 fully saturated rings. The Kier molecular flexibility index (Phi) is 4.73. The van der Waals surface area contributed by atoms with Gasteiger partial charge >= 0.3 is 0 Å². The van der Waals surface area contributed by atoms with Crippen molar-refractivity contribution < 1.29 is 9.53 Å². The maximum atomic E-state index is 12.3. The summed E-state index contributed by atoms with van der Waals surface area (Å²) in [7, 11) is 1.71. The molecule has 2 rings (SSSR count). The Morgan fingerprint density at radius 1 is 1.43 bits per heavy atom. The second-order valence-corrected chi connectivity index (χ2v) is 7.45. The number of nitrogens with one attached hydrogen (secondary N) is 2. The van der Waals surface area contributed by atoms with Crippen LogP contribution in [0.25, 0.3) is 0 Å². The van der Waals surface area contributed by atoms with Crippen LogP contribution < -0.4 is 16.4 Å². The average molecular weight is 312 g/mol. The molecular formula is C14H24N4O2S. The molecule has 4 N–H and O–H groups in total. The lowest BCUT2D eigenvalue weighted by Gasteiger charge is -2.19. The summed E-state index contributed by atoms with van der Waals surface area (Å²) in [6.45, 7) is 6.11. The number of carbonyl (C=O) groups is 1. The summed E-state index contributed by atoms with van der Waals surface area (Å²) in [5.74, 6) is 0.138. The smallest absolute Gasteiger partial charge is 0.265 e. The van der Waals surface area contributed by atoms with Crippen LogP contribution in [0.5, 0.6) is 0 Å². The van der Waals surface area contributed by atoms with Crippen LogP contribution in [-0.4, -0.2) is 35.7 Å². The topological polar surface area (TPSA) is 89.3 Å². The summed E-state index contributed by atoms with van der Waals surface area (Å²) in [5, 5.41) is 6.93. The molecule has 1 heterocycles. The maximum absolute atomic E-state index is 12.3. The van der Waals surface area contributed by atoms with Gasteiger partial charge in [-0.1, -0.05) is 11.3 Å². The van der Waals surface area contributed by atoms with E-state index >= 15 is 0 Å². The molecule has 1 aliphatic rings. The van der Waals surface area contributed by atoms with Crippen molar-refractivity contribution in [2.24, 2.45) is 0 Å². The van der Waals surface area contributed by atoms with Crippen LogP contribution in [0, 0.1) is 0 Å². The zero-order valence-electron chi connectivity index (χ0n) is 13.0. The second-order valence-electron chi connectivity index (χ2n) is 6.45. The molecule has 0 spiro atoms. The van der Waals surface area contributed by atoms with Crippen molar-refractivity contribution in [3.8, 4) is 0 Å². The molecule has 2 unspecified atom stereocenters. The Bertz CT molecular complexity index is 510. The van der Waals surface area contributed by atoms with Crippen LogP contribution in [-0.2, 0) is 4.74 Å². The fourth-order valence-corrected chi connectivity index (χ4v) is 3.40. The van der Waals surface area contributed by atoms with Crippen LogP contribution in [0.3, 0.4) is 0 Å². The van der Waals surface area contributed by atoms with Crippen LogP contribution >= 0.6 is 11.3 Å². The van der Waals surface area contributed by atoms with Gasteiger partial charge in [-0.05, 0) is 40.0 Å². The molecule has 6 nitrogen and oxygen atoms in total. The molecule has 1 aliphatic carbocycles. The Morgan fingerprint density at radius 2 is 2.14 bits per heavy atom. The number of thiazole rings is 1. The van der Waals surface area contributed by atoms with E-state index in [1.807, 2.05) is 20.8 Å². The lowest BCUT2D eigenvalue weighted by atomic mass is 10.1. The molecule has 1 amide bonds. The molecule has 0 saturated heterocycles. The number of nitrogens with two attached hydrogens (primary N) is 1. The number of hydrogen-bond acceptors (Lipinski definition) is 6. The molecule has 2 atom stereocenters. The number of ether oxygens (including phenoxy) is 1. The Balaban J connectivity index is 1.99. The van der Waals surface area contributed by atoms with E-state index in [0.717, 1.165) is 19.3 Å². The van der Waals surface area contributed by atoms with Crippen molar-refractivity contribution in [1.29, 1.82) is 0 Å². The fraction of sp³-hybridized carbons (Fsp3) is 0.714. The number of methoxy groups -OCH3 is 1. The molecule has 21 heavy (non-hydrogen) atoms. The van der Waals surface area contributed by atoms with Gasteiger partial charge in [0.15, 0.2) is 5.13 Å². The first-order valence-corrected chi connectivity index (χ1v) is 7.98. The zero-order chi connectivity index (χ0) is 15.6. The number of nitrogens with zero attached hydrogens (tertiary/aromatic N) is 1. The van der Waals surface area contributed by atoms with Gasteiger partial charge in [-0.25, -0.2) is 4.98 Å². The summed E-state index contributed by atoms with van der Waals surface area (Å²) in [5.41, 5.74) is 5.75. The highest BCUT2D eigenvalue weighted by molar-refractivity contribution is 7.18. The minimum absolute atomic E-state index is 0.116. The highest BCUT2D eigenvalue weighted by Gasteiger charge is 2.27. The van der Waals surface area contributed by atoms with E-state index in [4.69, 9.17) is 10.5 Å². The van der Waals surface area contributed by atoms with Crippen molar-refractivity contribution in [3.05, 3.63) is 4.88 Å². The van der Waals surface area contributed by atoms with Crippen molar-refractivity contribution in [3.63, 3.8) is 0 Å². The average Bonchev–Trinajstić information content (AvgIpc) is 2.94. The van der Waals surface area contributed by atoms with Gasteiger partial charge in [0.05, 0.1) is 6.10 Å². The highest BCUT2D eigenvalue weighted by atomic mass is 32.1. The highest BCUT2D eigenvalue weighted by Crippen LogP contribution is 2.28. The number of amides is 1. The summed E-state index contributed by atoms with van der Waals surface area (Å²) >= 11 is 1.29. The minimum Gasteiger partial charge on any atom is -0.382 e. The monoisotopic (exact) mass is 312 g/mol. The number of nitrogen functional groups attached to an aromatic ring is 1. The molecular weight excluding hydrogens is 288 g/mol. The summed E-state index contributed by atoms with van der Waals surface area (Å²) in [6, 6.07) is 0.156. The molecule has 1 saturated carbocycles. The van der Waals surface area contributed by atoms with Gasteiger partial charge in [0, 0.05) is 18.7 Å². The standard InChI is InChI=1S/C14H24N4O2S/c1-14(2,3)18-13-17-11(15)10(21-13)12(19)16-8-5-6-9(7-8)20-4/h8-9H,5-7,15H2,1-4H3,(H,16,19)(H,17,18). The maximum Gasteiger partial charge on any atom is 0.265 e. The van der Waals surface area contributed by atoms with E-state index in [9.17, 15) is 4.79 Å². The molecule has 118 valence electrons. The van der Waals surface area contributed by atoms with Gasteiger partial charge in [-0.2, -0.15) is 0 Å². The Morgan fingerprint density at radius 3 is 2.71 bits per heavy atom. The van der Waals surface area contributed by atoms with Gasteiger partial charge in [-0.3, -0.25) is 4.79 Å². The fourth-order valence-electron chi connectivity index (χ4n) is 2.41. The van der Waals surface area contributed by atoms with E-state index in [-0.39, 0.29) is 29.4 Å². The number of hydrogen-bond donors (Lipinski definition) is 3. The quantitative estimate of drug-likeness (QED) is 0.793. The number of carbonyl (C=O) groups excluding carboxylic acids is 1. The molecule has 0 aromatic carbocycles. The molecule has 7 heteroatoms. The van der Waals surface area contributed by atoms with Crippen LogP contribution in [0.1, 0.15) is 49.7 Å². The summed E-state index contributed by atoms with van der Waals surface area (Å²) in [4.78, 5) is 17.0. The summed E-state index contributed by atoms with van der Waals surface area (Å²) < 4.78 is 5.32. The molecule has 1 aromatic rings. The molecule has 0 bridgehead atoms. The minimum atomic E-state index is -0.145. The zero-order valence-corrected chi connectivity index (χ0v) is 13.8. The lowest BCUT2D eigenvalue weighted by Crippen LogP contribution is -2.33. The normalized spacial score (nSPS) is 22.3. The van der Waals surface area contributed by atoms with E-state index in [2.05, 4.69) is 15.6 Å². The first-order chi connectivity index (χ1) is 9.78. The largest absolute Gasteiger partial charge is 0.382 e. The summed E-state index contributed by atoms with van der Waals surface area (Å²) in [6.07, 6.45) is 3.02. The third-order valence-electron chi connectivity index (χ3n) is 3.39. The number of aromatic nitrogens is 1. The van der Waals surface area contributed by atoms with Gasteiger partial charge in [-0.15, -0.1) is 0 Å². The van der Waals surface area contributed by atoms with Gasteiger partial charge in [0.25, 0.3) is 5.91 Å². The number of rotatable bonds is 4. The Labute approximate surface area is 129 Å².